The molecule has 1 amide bonds. The number of rotatable bonds is 5. The molecule has 5 nitrogen and oxygen atoms in total. The van der Waals surface area contributed by atoms with Crippen molar-refractivity contribution in [3.05, 3.63) is 48.3 Å². The number of carbonyl (C=O) groups is 1. The first-order chi connectivity index (χ1) is 11.9. The third-order valence-electron chi connectivity index (χ3n) is 3.47. The van der Waals surface area contributed by atoms with Crippen LogP contribution < -0.4 is 5.32 Å². The number of nitrogens with one attached hydrogen (secondary N) is 1. The number of pyridine rings is 1. The molecule has 0 spiro atoms. The van der Waals surface area contributed by atoms with Gasteiger partial charge in [0.15, 0.2) is 17.3 Å². The van der Waals surface area contributed by atoms with Gasteiger partial charge in [0.2, 0.25) is 5.91 Å². The fraction of sp³-hybridized carbons (Fsp3) is 0.235. The highest BCUT2D eigenvalue weighted by molar-refractivity contribution is 8.00. The van der Waals surface area contributed by atoms with Crippen molar-refractivity contribution in [3.8, 4) is 0 Å². The van der Waals surface area contributed by atoms with Crippen molar-refractivity contribution in [2.24, 2.45) is 0 Å². The third kappa shape index (κ3) is 3.96. The zero-order valence-electron chi connectivity index (χ0n) is 13.7. The highest BCUT2D eigenvalue weighted by Crippen LogP contribution is 2.22. The number of thioether (sulfide) groups is 1. The molecule has 0 bridgehead atoms. The van der Waals surface area contributed by atoms with Crippen LogP contribution >= 0.6 is 11.8 Å². The lowest BCUT2D eigenvalue weighted by molar-refractivity contribution is -0.113. The van der Waals surface area contributed by atoms with Crippen molar-refractivity contribution in [1.82, 2.24) is 14.8 Å². The molecule has 0 unspecified atom stereocenters. The fourth-order valence-electron chi connectivity index (χ4n) is 2.30. The van der Waals surface area contributed by atoms with Crippen LogP contribution in [0.2, 0.25) is 0 Å². The van der Waals surface area contributed by atoms with Gasteiger partial charge in [-0.3, -0.25) is 4.79 Å². The molecule has 0 atom stereocenters. The second-order valence-corrected chi connectivity index (χ2v) is 6.78. The van der Waals surface area contributed by atoms with Crippen LogP contribution in [-0.2, 0) is 4.79 Å². The predicted octanol–water partition coefficient (Wildman–Crippen LogP) is 4.02. The zero-order chi connectivity index (χ0) is 18.0. The van der Waals surface area contributed by atoms with E-state index in [9.17, 15) is 13.6 Å². The molecule has 8 heteroatoms. The summed E-state index contributed by atoms with van der Waals surface area (Å²) in [6, 6.07) is 5.54. The normalized spacial score (nSPS) is 11.2. The number of hydrogen-bond donors (Lipinski definition) is 1. The van der Waals surface area contributed by atoms with Crippen LogP contribution in [0, 0.1) is 11.6 Å². The third-order valence-corrected chi connectivity index (χ3v) is 4.46. The first kappa shape index (κ1) is 17.3. The quantitative estimate of drug-likeness (QED) is 0.697. The Morgan fingerprint density at radius 3 is 2.76 bits per heavy atom. The zero-order valence-corrected chi connectivity index (χ0v) is 14.5. The van der Waals surface area contributed by atoms with E-state index in [0.29, 0.717) is 10.6 Å². The molecule has 1 aromatic carbocycles. The summed E-state index contributed by atoms with van der Waals surface area (Å²) in [7, 11) is 0. The van der Waals surface area contributed by atoms with Gasteiger partial charge in [-0.2, -0.15) is 5.10 Å². The highest BCUT2D eigenvalue weighted by Gasteiger charge is 2.10. The summed E-state index contributed by atoms with van der Waals surface area (Å²) in [6.45, 7) is 4.03. The molecule has 0 radical (unpaired) electrons. The summed E-state index contributed by atoms with van der Waals surface area (Å²) in [5, 5.41) is 7.85. The Balaban J connectivity index is 1.64. The van der Waals surface area contributed by atoms with Crippen LogP contribution in [-0.4, -0.2) is 26.4 Å². The second-order valence-electron chi connectivity index (χ2n) is 5.73. The molecule has 130 valence electrons. The number of aromatic nitrogens is 3. The molecule has 25 heavy (non-hydrogen) atoms. The van der Waals surface area contributed by atoms with Gasteiger partial charge in [-0.1, -0.05) is 0 Å². The van der Waals surface area contributed by atoms with E-state index in [1.54, 1.807) is 23.1 Å². The van der Waals surface area contributed by atoms with Gasteiger partial charge in [-0.15, -0.1) is 11.8 Å². The average molecular weight is 362 g/mol. The number of fused-ring (bicyclic) bond motifs is 1. The van der Waals surface area contributed by atoms with Crippen molar-refractivity contribution >= 4 is 34.4 Å². The van der Waals surface area contributed by atoms with Crippen molar-refractivity contribution in [2.75, 3.05) is 11.1 Å². The van der Waals surface area contributed by atoms with Crippen LogP contribution in [0.5, 0.6) is 0 Å². The van der Waals surface area contributed by atoms with Crippen molar-refractivity contribution in [2.45, 2.75) is 24.8 Å². The Bertz CT molecular complexity index is 926. The molecule has 2 heterocycles. The van der Waals surface area contributed by atoms with Gasteiger partial charge in [0.25, 0.3) is 0 Å². The van der Waals surface area contributed by atoms with Crippen LogP contribution in [0.15, 0.2) is 41.6 Å². The Morgan fingerprint density at radius 2 is 2.04 bits per heavy atom. The van der Waals surface area contributed by atoms with Crippen LogP contribution in [0.4, 0.5) is 14.5 Å². The molecule has 1 N–H and O–H groups in total. The van der Waals surface area contributed by atoms with E-state index < -0.39 is 11.6 Å². The summed E-state index contributed by atoms with van der Waals surface area (Å²) in [6.07, 6.45) is 3.27. The van der Waals surface area contributed by atoms with Gasteiger partial charge >= 0.3 is 0 Å². The molecule has 3 aromatic rings. The Morgan fingerprint density at radius 1 is 1.24 bits per heavy atom. The molecular formula is C17H16F2N4OS. The maximum absolute atomic E-state index is 13.2. The maximum atomic E-state index is 13.2. The minimum Gasteiger partial charge on any atom is -0.324 e. The molecular weight excluding hydrogens is 346 g/mol. The van der Waals surface area contributed by atoms with E-state index in [0.717, 1.165) is 34.9 Å². The maximum Gasteiger partial charge on any atom is 0.234 e. The topological polar surface area (TPSA) is 59.8 Å². The number of benzene rings is 1. The van der Waals surface area contributed by atoms with Crippen LogP contribution in [0.3, 0.4) is 0 Å². The van der Waals surface area contributed by atoms with Crippen molar-refractivity contribution in [3.63, 3.8) is 0 Å². The molecule has 0 aliphatic rings. The average Bonchev–Trinajstić information content (AvgIpc) is 2.99. The smallest absolute Gasteiger partial charge is 0.234 e. The van der Waals surface area contributed by atoms with Gasteiger partial charge < -0.3 is 5.32 Å². The standard InChI is InChI=1S/C17H16F2N4OS/c1-10(2)23-17-11(7-21-23)5-12(8-20-17)22-16(24)9-25-13-3-4-14(18)15(19)6-13/h3-8,10H,9H2,1-2H3,(H,22,24). The number of carbonyl (C=O) groups excluding carboxylic acids is 1. The van der Waals surface area contributed by atoms with E-state index in [1.807, 2.05) is 13.8 Å². The van der Waals surface area contributed by atoms with Crippen molar-refractivity contribution < 1.29 is 13.6 Å². The second kappa shape index (κ2) is 7.18. The molecule has 3 rings (SSSR count). The van der Waals surface area contributed by atoms with Crippen LogP contribution in [0.25, 0.3) is 11.0 Å². The molecule has 0 aliphatic heterocycles. The van der Waals surface area contributed by atoms with E-state index in [2.05, 4.69) is 15.4 Å². The summed E-state index contributed by atoms with van der Waals surface area (Å²) in [5.74, 6) is -2.02. The molecule has 0 aliphatic carbocycles. The Labute approximate surface area is 147 Å². The fourth-order valence-corrected chi connectivity index (χ4v) is 3.02. The molecule has 2 aromatic heterocycles. The van der Waals surface area contributed by atoms with Gasteiger partial charge in [0.1, 0.15) is 0 Å². The van der Waals surface area contributed by atoms with Gasteiger partial charge in [0.05, 0.1) is 23.8 Å². The number of nitrogens with zero attached hydrogens (tertiary/aromatic N) is 3. The minimum atomic E-state index is -0.928. The first-order valence-corrected chi connectivity index (χ1v) is 8.63. The van der Waals surface area contributed by atoms with Crippen molar-refractivity contribution in [1.29, 1.82) is 0 Å². The number of amides is 1. The largest absolute Gasteiger partial charge is 0.324 e. The number of halogens is 2. The highest BCUT2D eigenvalue weighted by atomic mass is 32.2. The Hall–Kier alpha value is -2.48. The predicted molar refractivity (Wildman–Crippen MR) is 93.6 cm³/mol. The van der Waals surface area contributed by atoms with Gasteiger partial charge in [-0.25, -0.2) is 18.4 Å². The SMILES string of the molecule is CC(C)n1ncc2cc(NC(=O)CSc3ccc(F)c(F)c3)cnc21. The molecule has 0 saturated carbocycles. The van der Waals surface area contributed by atoms with Gasteiger partial charge in [0, 0.05) is 16.3 Å². The summed E-state index contributed by atoms with van der Waals surface area (Å²) in [5.41, 5.74) is 1.32. The lowest BCUT2D eigenvalue weighted by Gasteiger charge is -2.08. The summed E-state index contributed by atoms with van der Waals surface area (Å²) < 4.78 is 27.8. The lowest BCUT2D eigenvalue weighted by atomic mass is 10.3. The van der Waals surface area contributed by atoms with E-state index in [4.69, 9.17) is 0 Å². The summed E-state index contributed by atoms with van der Waals surface area (Å²) >= 11 is 1.13. The monoisotopic (exact) mass is 362 g/mol. The van der Waals surface area contributed by atoms with Gasteiger partial charge in [-0.05, 0) is 38.1 Å². The summed E-state index contributed by atoms with van der Waals surface area (Å²) in [4.78, 5) is 16.9. The van der Waals surface area contributed by atoms with E-state index >= 15 is 0 Å². The molecule has 0 saturated heterocycles. The first-order valence-electron chi connectivity index (χ1n) is 7.65. The van der Waals surface area contributed by atoms with E-state index in [-0.39, 0.29) is 17.7 Å². The van der Waals surface area contributed by atoms with Crippen LogP contribution in [0.1, 0.15) is 19.9 Å². The number of hydrogen-bond acceptors (Lipinski definition) is 4. The minimum absolute atomic E-state index is 0.0777. The number of anilines is 1. The molecule has 0 fully saturated rings. The van der Waals surface area contributed by atoms with E-state index in [1.165, 1.54) is 6.07 Å². The lowest BCUT2D eigenvalue weighted by Crippen LogP contribution is -2.14. The Kier molecular flexibility index (Phi) is 4.98.